The Bertz CT molecular complexity index is 843. The van der Waals surface area contributed by atoms with Crippen LogP contribution in [0.4, 0.5) is 0 Å². The van der Waals surface area contributed by atoms with Gasteiger partial charge in [-0.05, 0) is 54.5 Å². The van der Waals surface area contributed by atoms with Crippen molar-refractivity contribution in [1.82, 2.24) is 0 Å². The fourth-order valence-electron chi connectivity index (χ4n) is 5.01. The second-order valence-corrected chi connectivity index (χ2v) is 7.58. The van der Waals surface area contributed by atoms with Crippen LogP contribution in [0.25, 0.3) is 5.57 Å². The Morgan fingerprint density at radius 1 is 1.00 bits per heavy atom. The van der Waals surface area contributed by atoms with E-state index in [4.69, 9.17) is 0 Å². The van der Waals surface area contributed by atoms with Crippen molar-refractivity contribution < 1.29 is 5.11 Å². The van der Waals surface area contributed by atoms with Crippen LogP contribution >= 0.6 is 0 Å². The van der Waals surface area contributed by atoms with Crippen molar-refractivity contribution in [3.8, 4) is 0 Å². The van der Waals surface area contributed by atoms with Crippen molar-refractivity contribution in [2.45, 2.75) is 44.9 Å². The number of allylic oxidation sites excluding steroid dienone is 2. The third-order valence-corrected chi connectivity index (χ3v) is 5.85. The van der Waals surface area contributed by atoms with Gasteiger partial charge in [0.05, 0.1) is 6.61 Å². The number of aryl methyl sites for hydroxylation is 2. The largest absolute Gasteiger partial charge is 0.392 e. The molecule has 0 aromatic heterocycles. The van der Waals surface area contributed by atoms with Crippen molar-refractivity contribution in [2.24, 2.45) is 0 Å². The zero-order valence-electron chi connectivity index (χ0n) is 15.2. The first-order valence-corrected chi connectivity index (χ1v) is 9.36. The van der Waals surface area contributed by atoms with E-state index in [1.54, 1.807) is 0 Å². The molecule has 0 atom stereocenters. The van der Waals surface area contributed by atoms with Gasteiger partial charge in [-0.2, -0.15) is 0 Å². The van der Waals surface area contributed by atoms with E-state index in [1.165, 1.54) is 64.6 Å². The number of hydrogen-bond donors (Lipinski definition) is 1. The fourth-order valence-corrected chi connectivity index (χ4v) is 5.01. The van der Waals surface area contributed by atoms with Crippen LogP contribution in [-0.2, 0) is 5.41 Å². The summed E-state index contributed by atoms with van der Waals surface area (Å²) in [5.41, 5.74) is 9.70. The van der Waals surface area contributed by atoms with Crippen LogP contribution in [0.3, 0.4) is 0 Å². The summed E-state index contributed by atoms with van der Waals surface area (Å²) in [5.74, 6) is 0. The van der Waals surface area contributed by atoms with E-state index in [0.29, 0.717) is 0 Å². The number of fused-ring (bicyclic) bond motifs is 2. The van der Waals surface area contributed by atoms with E-state index in [0.717, 1.165) is 0 Å². The van der Waals surface area contributed by atoms with Gasteiger partial charge in [0.1, 0.15) is 0 Å². The monoisotopic (exact) mass is 330 g/mol. The maximum absolute atomic E-state index is 9.41. The first-order chi connectivity index (χ1) is 12.2. The van der Waals surface area contributed by atoms with Crippen LogP contribution in [-0.4, -0.2) is 11.7 Å². The Morgan fingerprint density at radius 3 is 2.36 bits per heavy atom. The predicted molar refractivity (Wildman–Crippen MR) is 105 cm³/mol. The molecule has 1 N–H and O–H groups in total. The summed E-state index contributed by atoms with van der Waals surface area (Å²) in [6, 6.07) is 15.8. The van der Waals surface area contributed by atoms with Gasteiger partial charge < -0.3 is 5.11 Å². The average molecular weight is 330 g/mol. The van der Waals surface area contributed by atoms with Crippen LogP contribution in [0.1, 0.15) is 53.5 Å². The summed E-state index contributed by atoms with van der Waals surface area (Å²) in [4.78, 5) is 0. The highest BCUT2D eigenvalue weighted by Crippen LogP contribution is 2.57. The zero-order valence-corrected chi connectivity index (χ0v) is 15.2. The van der Waals surface area contributed by atoms with E-state index < -0.39 is 0 Å². The molecule has 0 saturated heterocycles. The third kappa shape index (κ3) is 2.58. The molecule has 0 amide bonds. The second-order valence-electron chi connectivity index (χ2n) is 7.58. The van der Waals surface area contributed by atoms with Gasteiger partial charge in [-0.1, -0.05) is 78.6 Å². The van der Waals surface area contributed by atoms with Crippen LogP contribution in [0.2, 0.25) is 0 Å². The SMILES string of the molecule is Cc1cc(C)cc(C2=C(/C=C/CO)C3(CCCC3)c3ccccc32)c1. The molecule has 1 heteroatoms. The highest BCUT2D eigenvalue weighted by Gasteiger charge is 2.45. The molecule has 25 heavy (non-hydrogen) atoms. The summed E-state index contributed by atoms with van der Waals surface area (Å²) < 4.78 is 0. The lowest BCUT2D eigenvalue weighted by Crippen LogP contribution is -2.21. The van der Waals surface area contributed by atoms with Crippen LogP contribution in [0.15, 0.2) is 60.2 Å². The lowest BCUT2D eigenvalue weighted by molar-refractivity contribution is 0.342. The molecule has 1 spiro atoms. The molecule has 1 fully saturated rings. The Labute approximate surface area is 150 Å². The van der Waals surface area contributed by atoms with Crippen molar-refractivity contribution >= 4 is 5.57 Å². The van der Waals surface area contributed by atoms with Crippen LogP contribution in [0, 0.1) is 13.8 Å². The minimum absolute atomic E-state index is 0.0933. The van der Waals surface area contributed by atoms with Crippen molar-refractivity contribution in [3.63, 3.8) is 0 Å². The van der Waals surface area contributed by atoms with E-state index in [9.17, 15) is 5.11 Å². The molecule has 2 aromatic rings. The second kappa shape index (κ2) is 6.31. The number of aliphatic hydroxyl groups excluding tert-OH is 1. The summed E-state index contributed by atoms with van der Waals surface area (Å²) in [6.45, 7) is 4.44. The molecular weight excluding hydrogens is 304 g/mol. The Morgan fingerprint density at radius 2 is 1.68 bits per heavy atom. The molecule has 1 saturated carbocycles. The molecule has 1 nitrogen and oxygen atoms in total. The highest BCUT2D eigenvalue weighted by molar-refractivity contribution is 5.92. The van der Waals surface area contributed by atoms with Gasteiger partial charge in [-0.3, -0.25) is 0 Å². The zero-order chi connectivity index (χ0) is 17.4. The third-order valence-electron chi connectivity index (χ3n) is 5.85. The van der Waals surface area contributed by atoms with E-state index in [1.807, 2.05) is 6.08 Å². The van der Waals surface area contributed by atoms with Crippen LogP contribution < -0.4 is 0 Å². The summed E-state index contributed by atoms with van der Waals surface area (Å²) in [6.07, 6.45) is 9.09. The first-order valence-electron chi connectivity index (χ1n) is 9.36. The highest BCUT2D eigenvalue weighted by atomic mass is 16.2. The molecule has 0 radical (unpaired) electrons. The van der Waals surface area contributed by atoms with Gasteiger partial charge in [0.15, 0.2) is 0 Å². The lowest BCUT2D eigenvalue weighted by atomic mass is 9.75. The molecule has 0 heterocycles. The molecular formula is C24H26O. The maximum Gasteiger partial charge on any atom is 0.0615 e. The fraction of sp³-hybridized carbons (Fsp3) is 0.333. The van der Waals surface area contributed by atoms with E-state index in [-0.39, 0.29) is 12.0 Å². The summed E-state index contributed by atoms with van der Waals surface area (Å²) >= 11 is 0. The van der Waals surface area contributed by atoms with Crippen molar-refractivity contribution in [2.75, 3.05) is 6.61 Å². The average Bonchev–Trinajstić information content (AvgIpc) is 3.17. The molecule has 2 aliphatic carbocycles. The number of hydrogen-bond acceptors (Lipinski definition) is 1. The van der Waals surface area contributed by atoms with Gasteiger partial charge in [0.25, 0.3) is 0 Å². The number of rotatable bonds is 3. The summed E-state index contributed by atoms with van der Waals surface area (Å²) in [7, 11) is 0. The van der Waals surface area contributed by atoms with Crippen molar-refractivity contribution in [3.05, 3.63) is 88.0 Å². The molecule has 0 aliphatic heterocycles. The molecule has 0 unspecified atom stereocenters. The molecule has 2 aromatic carbocycles. The Balaban J connectivity index is 2.03. The standard InChI is InChI=1S/C24H26O/c1-17-14-18(2)16-19(15-17)23-20-8-3-4-9-21(20)24(11-5-6-12-24)22(23)10-7-13-25/h3-4,7-10,14-16,25H,5-6,11-13H2,1-2H3/b10-7+. The smallest absolute Gasteiger partial charge is 0.0615 e. The van der Waals surface area contributed by atoms with E-state index >= 15 is 0 Å². The Hall–Kier alpha value is -2.12. The quantitative estimate of drug-likeness (QED) is 0.790. The van der Waals surface area contributed by atoms with Gasteiger partial charge in [-0.15, -0.1) is 0 Å². The van der Waals surface area contributed by atoms with Gasteiger partial charge in [0.2, 0.25) is 0 Å². The van der Waals surface area contributed by atoms with E-state index in [2.05, 4.69) is 62.4 Å². The lowest BCUT2D eigenvalue weighted by Gasteiger charge is -2.28. The number of benzene rings is 2. The normalized spacial score (nSPS) is 18.5. The molecule has 2 aliphatic rings. The maximum atomic E-state index is 9.41. The van der Waals surface area contributed by atoms with Crippen molar-refractivity contribution in [1.29, 1.82) is 0 Å². The Kier molecular flexibility index (Phi) is 4.13. The number of aliphatic hydroxyl groups is 1. The molecule has 4 rings (SSSR count). The van der Waals surface area contributed by atoms with Crippen LogP contribution in [0.5, 0.6) is 0 Å². The molecule has 0 bridgehead atoms. The topological polar surface area (TPSA) is 20.2 Å². The minimum Gasteiger partial charge on any atom is -0.392 e. The predicted octanol–water partition coefficient (Wildman–Crippen LogP) is 5.48. The van der Waals surface area contributed by atoms with Gasteiger partial charge in [0, 0.05) is 5.41 Å². The first kappa shape index (κ1) is 16.4. The van der Waals surface area contributed by atoms with Gasteiger partial charge >= 0.3 is 0 Å². The summed E-state index contributed by atoms with van der Waals surface area (Å²) in [5, 5.41) is 9.41. The minimum atomic E-state index is 0.0933. The molecule has 128 valence electrons. The van der Waals surface area contributed by atoms with Gasteiger partial charge in [-0.25, -0.2) is 0 Å².